The average molecular weight is 334 g/mol. The smallest absolute Gasteiger partial charge is 0.370 e. The number of hydrogen-bond donors (Lipinski definition) is 1. The predicted octanol–water partition coefficient (Wildman–Crippen LogP) is 2.27. The third-order valence-electron chi connectivity index (χ3n) is 3.50. The summed E-state index contributed by atoms with van der Waals surface area (Å²) in [5.74, 6) is -0.580. The molecule has 4 nitrogen and oxygen atoms in total. The Morgan fingerprint density at radius 2 is 2.00 bits per heavy atom. The zero-order chi connectivity index (χ0) is 16.9. The highest BCUT2D eigenvalue weighted by atomic mass is 19.4. The zero-order valence-corrected chi connectivity index (χ0v) is 12.4. The maximum atomic E-state index is 12.9. The molecule has 0 aliphatic carbocycles. The number of benzene rings is 1. The van der Waals surface area contributed by atoms with E-state index in [9.17, 15) is 22.4 Å². The second-order valence-electron chi connectivity index (χ2n) is 5.29. The van der Waals surface area contributed by atoms with Gasteiger partial charge in [0, 0.05) is 19.5 Å². The molecule has 0 saturated carbocycles. The molecule has 8 heteroatoms. The molecular weight excluding hydrogens is 316 g/mol. The standard InChI is InChI=1S/C15H18F4N2O2/c16-12-3-1-11(2-4-12)13-9-21(7-8-23-13)14(22)5-6-20-10-15(17,18)19/h1-4,13,20H,5-10H2. The highest BCUT2D eigenvalue weighted by Crippen LogP contribution is 2.22. The minimum atomic E-state index is -4.28. The molecule has 23 heavy (non-hydrogen) atoms. The maximum Gasteiger partial charge on any atom is 0.401 e. The highest BCUT2D eigenvalue weighted by molar-refractivity contribution is 5.76. The number of hydrogen-bond acceptors (Lipinski definition) is 3. The molecule has 0 aromatic heterocycles. The molecule has 0 spiro atoms. The molecule has 128 valence electrons. The molecule has 1 saturated heterocycles. The molecule has 1 aliphatic rings. The van der Waals surface area contributed by atoms with E-state index in [-0.39, 0.29) is 30.8 Å². The molecule has 2 rings (SSSR count). The number of nitrogens with zero attached hydrogens (tertiary/aromatic N) is 1. The van der Waals surface area contributed by atoms with Gasteiger partial charge in [-0.2, -0.15) is 13.2 Å². The van der Waals surface area contributed by atoms with Crippen molar-refractivity contribution in [3.05, 3.63) is 35.6 Å². The second-order valence-corrected chi connectivity index (χ2v) is 5.29. The van der Waals surface area contributed by atoms with Crippen molar-refractivity contribution in [1.82, 2.24) is 10.2 Å². The van der Waals surface area contributed by atoms with Crippen molar-refractivity contribution < 1.29 is 27.1 Å². The monoisotopic (exact) mass is 334 g/mol. The lowest BCUT2D eigenvalue weighted by Crippen LogP contribution is -2.43. The first-order valence-corrected chi connectivity index (χ1v) is 7.27. The molecule has 0 bridgehead atoms. The number of nitrogens with one attached hydrogen (secondary N) is 1. The fourth-order valence-corrected chi connectivity index (χ4v) is 2.34. The largest absolute Gasteiger partial charge is 0.401 e. The van der Waals surface area contributed by atoms with E-state index in [2.05, 4.69) is 5.32 Å². The van der Waals surface area contributed by atoms with Gasteiger partial charge in [0.15, 0.2) is 0 Å². The van der Waals surface area contributed by atoms with Crippen molar-refractivity contribution in [2.24, 2.45) is 0 Å². The van der Waals surface area contributed by atoms with Crippen LogP contribution in [0.5, 0.6) is 0 Å². The van der Waals surface area contributed by atoms with Gasteiger partial charge in [0.05, 0.1) is 19.7 Å². The molecule has 1 unspecified atom stereocenters. The fourth-order valence-electron chi connectivity index (χ4n) is 2.34. The number of morpholine rings is 1. The first-order valence-electron chi connectivity index (χ1n) is 7.27. The lowest BCUT2D eigenvalue weighted by atomic mass is 10.1. The summed E-state index contributed by atoms with van der Waals surface area (Å²) in [7, 11) is 0. The second kappa shape index (κ2) is 7.74. The van der Waals surface area contributed by atoms with E-state index < -0.39 is 12.7 Å². The van der Waals surface area contributed by atoms with Crippen LogP contribution in [0.3, 0.4) is 0 Å². The van der Waals surface area contributed by atoms with E-state index in [0.717, 1.165) is 5.56 Å². The zero-order valence-electron chi connectivity index (χ0n) is 12.4. The van der Waals surface area contributed by atoms with E-state index in [1.165, 1.54) is 12.1 Å². The minimum absolute atomic E-state index is 0.00772. The van der Waals surface area contributed by atoms with Gasteiger partial charge in [0.2, 0.25) is 5.91 Å². The number of carbonyl (C=O) groups is 1. The van der Waals surface area contributed by atoms with Crippen molar-refractivity contribution in [2.75, 3.05) is 32.8 Å². The van der Waals surface area contributed by atoms with Gasteiger partial charge in [0.1, 0.15) is 11.9 Å². The normalized spacial score (nSPS) is 19.0. The number of carbonyl (C=O) groups excluding carboxylic acids is 1. The Balaban J connectivity index is 1.81. The van der Waals surface area contributed by atoms with Crippen LogP contribution in [0, 0.1) is 5.82 Å². The van der Waals surface area contributed by atoms with Gasteiger partial charge in [-0.05, 0) is 17.7 Å². The topological polar surface area (TPSA) is 41.6 Å². The fraction of sp³-hybridized carbons (Fsp3) is 0.533. The van der Waals surface area contributed by atoms with Gasteiger partial charge in [-0.1, -0.05) is 12.1 Å². The van der Waals surface area contributed by atoms with Gasteiger partial charge in [-0.3, -0.25) is 4.79 Å². The number of rotatable bonds is 5. The van der Waals surface area contributed by atoms with Crippen molar-refractivity contribution in [3.8, 4) is 0 Å². The summed E-state index contributed by atoms with van der Waals surface area (Å²) in [6.45, 7) is -0.0954. The average Bonchev–Trinajstić information content (AvgIpc) is 2.51. The van der Waals surface area contributed by atoms with Crippen molar-refractivity contribution >= 4 is 5.91 Å². The Morgan fingerprint density at radius 3 is 2.65 bits per heavy atom. The first-order chi connectivity index (χ1) is 10.8. The first kappa shape index (κ1) is 17.7. The van der Waals surface area contributed by atoms with Gasteiger partial charge < -0.3 is 15.0 Å². The Bertz CT molecular complexity index is 519. The molecule has 1 fully saturated rings. The highest BCUT2D eigenvalue weighted by Gasteiger charge is 2.27. The number of amides is 1. The molecule has 1 aromatic carbocycles. The van der Waals surface area contributed by atoms with E-state index in [0.29, 0.717) is 19.7 Å². The van der Waals surface area contributed by atoms with Gasteiger partial charge >= 0.3 is 6.18 Å². The van der Waals surface area contributed by atoms with Crippen molar-refractivity contribution in [2.45, 2.75) is 18.7 Å². The van der Waals surface area contributed by atoms with Crippen LogP contribution in [0.15, 0.2) is 24.3 Å². The Hall–Kier alpha value is -1.67. The van der Waals surface area contributed by atoms with Crippen LogP contribution in [-0.2, 0) is 9.53 Å². The van der Waals surface area contributed by atoms with Crippen molar-refractivity contribution in [1.29, 1.82) is 0 Å². The van der Waals surface area contributed by atoms with Crippen LogP contribution >= 0.6 is 0 Å². The van der Waals surface area contributed by atoms with Crippen LogP contribution in [0.25, 0.3) is 0 Å². The Labute approximate surface area is 131 Å². The SMILES string of the molecule is O=C(CCNCC(F)(F)F)N1CCOC(c2ccc(F)cc2)C1. The molecule has 0 radical (unpaired) electrons. The number of alkyl halides is 3. The lowest BCUT2D eigenvalue weighted by Gasteiger charge is -2.33. The van der Waals surface area contributed by atoms with E-state index in [1.807, 2.05) is 0 Å². The summed E-state index contributed by atoms with van der Waals surface area (Å²) in [5.41, 5.74) is 0.763. The van der Waals surface area contributed by atoms with Crippen LogP contribution in [-0.4, -0.2) is 49.8 Å². The third-order valence-corrected chi connectivity index (χ3v) is 3.50. The van der Waals surface area contributed by atoms with E-state index in [4.69, 9.17) is 4.74 Å². The van der Waals surface area contributed by atoms with Crippen LogP contribution in [0.2, 0.25) is 0 Å². The summed E-state index contributed by atoms with van der Waals surface area (Å²) in [6, 6.07) is 5.83. The van der Waals surface area contributed by atoms with Crippen LogP contribution < -0.4 is 5.32 Å². The van der Waals surface area contributed by atoms with Gasteiger partial charge in [-0.15, -0.1) is 0 Å². The molecule has 1 heterocycles. The quantitative estimate of drug-likeness (QED) is 0.663. The van der Waals surface area contributed by atoms with Gasteiger partial charge in [0.25, 0.3) is 0 Å². The Kier molecular flexibility index (Phi) is 5.95. The third kappa shape index (κ3) is 5.80. The summed E-state index contributed by atoms with van der Waals surface area (Å²) < 4.78 is 54.5. The number of halogens is 4. The molecule has 1 atom stereocenters. The molecule has 1 N–H and O–H groups in total. The summed E-state index contributed by atoms with van der Waals surface area (Å²) in [6.07, 6.45) is -4.64. The van der Waals surface area contributed by atoms with Gasteiger partial charge in [-0.25, -0.2) is 4.39 Å². The van der Waals surface area contributed by atoms with E-state index in [1.54, 1.807) is 17.0 Å². The van der Waals surface area contributed by atoms with Crippen LogP contribution in [0.1, 0.15) is 18.1 Å². The summed E-state index contributed by atoms with van der Waals surface area (Å²) in [5, 5.41) is 2.20. The Morgan fingerprint density at radius 1 is 1.30 bits per heavy atom. The molecule has 1 amide bonds. The van der Waals surface area contributed by atoms with Crippen LogP contribution in [0.4, 0.5) is 17.6 Å². The lowest BCUT2D eigenvalue weighted by molar-refractivity contribution is -0.140. The van der Waals surface area contributed by atoms with Crippen molar-refractivity contribution in [3.63, 3.8) is 0 Å². The number of ether oxygens (including phenoxy) is 1. The maximum absolute atomic E-state index is 12.9. The van der Waals surface area contributed by atoms with E-state index >= 15 is 0 Å². The molecular formula is C15H18F4N2O2. The molecule has 1 aromatic rings. The summed E-state index contributed by atoms with van der Waals surface area (Å²) >= 11 is 0. The predicted molar refractivity (Wildman–Crippen MR) is 75.2 cm³/mol. The molecule has 1 aliphatic heterocycles. The summed E-state index contributed by atoms with van der Waals surface area (Å²) in [4.78, 5) is 13.6. The minimum Gasteiger partial charge on any atom is -0.370 e.